The number of hydrogen-bond acceptors (Lipinski definition) is 5. The fraction of sp³-hybridized carbons (Fsp3) is 0.368. The van der Waals surface area contributed by atoms with Gasteiger partial charge >= 0.3 is 0 Å². The van der Waals surface area contributed by atoms with E-state index in [2.05, 4.69) is 0 Å². The van der Waals surface area contributed by atoms with E-state index in [0.717, 1.165) is 0 Å². The van der Waals surface area contributed by atoms with Crippen LogP contribution in [0.5, 0.6) is 17.2 Å². The maximum absolute atomic E-state index is 12.5. The number of benzene rings is 1. The molecule has 2 amide bonds. The fourth-order valence-corrected chi connectivity index (χ4v) is 2.76. The summed E-state index contributed by atoms with van der Waals surface area (Å²) in [6.07, 6.45) is 6.84. The second-order valence-corrected chi connectivity index (χ2v) is 6.22. The summed E-state index contributed by atoms with van der Waals surface area (Å²) < 4.78 is 15.9. The van der Waals surface area contributed by atoms with E-state index in [4.69, 9.17) is 14.2 Å². The minimum Gasteiger partial charge on any atom is -0.493 e. The van der Waals surface area contributed by atoms with Crippen molar-refractivity contribution >= 4 is 17.9 Å². The molecule has 0 aliphatic carbocycles. The van der Waals surface area contributed by atoms with Gasteiger partial charge in [-0.2, -0.15) is 0 Å². The summed E-state index contributed by atoms with van der Waals surface area (Å²) in [4.78, 5) is 25.9. The summed E-state index contributed by atoms with van der Waals surface area (Å²) in [5.74, 6) is 0.785. The van der Waals surface area contributed by atoms with Gasteiger partial charge in [0.25, 0.3) is 11.8 Å². The molecule has 0 bridgehead atoms. The molecule has 0 spiro atoms. The van der Waals surface area contributed by atoms with E-state index in [9.17, 15) is 9.59 Å². The van der Waals surface area contributed by atoms with Crippen LogP contribution in [0.15, 0.2) is 30.4 Å². The van der Waals surface area contributed by atoms with Crippen LogP contribution in [0.3, 0.4) is 0 Å². The third-order valence-electron chi connectivity index (χ3n) is 4.03. The molecule has 0 saturated heterocycles. The quantitative estimate of drug-likeness (QED) is 0.768. The van der Waals surface area contributed by atoms with E-state index < -0.39 is 5.54 Å². The topological polar surface area (TPSA) is 65.1 Å². The maximum atomic E-state index is 12.5. The van der Waals surface area contributed by atoms with Crippen molar-refractivity contribution < 1.29 is 23.8 Å². The number of nitrogens with zero attached hydrogens (tertiary/aromatic N) is 1. The Morgan fingerprint density at radius 3 is 2.20 bits per heavy atom. The molecule has 0 atom stereocenters. The van der Waals surface area contributed by atoms with Gasteiger partial charge in [0.15, 0.2) is 11.5 Å². The van der Waals surface area contributed by atoms with E-state index >= 15 is 0 Å². The number of hydrogen-bond donors (Lipinski definition) is 0. The molecule has 6 heteroatoms. The third kappa shape index (κ3) is 3.84. The molecule has 1 heterocycles. The van der Waals surface area contributed by atoms with Crippen LogP contribution in [0, 0.1) is 0 Å². The maximum Gasteiger partial charge on any atom is 0.253 e. The number of amides is 2. The van der Waals surface area contributed by atoms with Crippen LogP contribution >= 0.6 is 0 Å². The molecule has 0 saturated carbocycles. The normalized spacial score (nSPS) is 16.2. The molecule has 0 radical (unpaired) electrons. The predicted octanol–water partition coefficient (Wildman–Crippen LogP) is 2.82. The van der Waals surface area contributed by atoms with E-state index in [1.54, 1.807) is 24.3 Å². The van der Waals surface area contributed by atoms with Crippen LogP contribution in [-0.4, -0.2) is 43.6 Å². The molecule has 0 unspecified atom stereocenters. The Hall–Kier alpha value is -2.76. The minimum atomic E-state index is -0.553. The first kappa shape index (κ1) is 18.6. The van der Waals surface area contributed by atoms with Crippen molar-refractivity contribution in [2.75, 3.05) is 21.3 Å². The summed E-state index contributed by atoms with van der Waals surface area (Å²) in [6.45, 7) is 3.72. The van der Waals surface area contributed by atoms with Crippen LogP contribution in [0.2, 0.25) is 0 Å². The van der Waals surface area contributed by atoms with E-state index in [1.807, 2.05) is 13.8 Å². The van der Waals surface area contributed by atoms with Crippen molar-refractivity contribution in [2.45, 2.75) is 25.8 Å². The van der Waals surface area contributed by atoms with Gasteiger partial charge in [-0.3, -0.25) is 14.5 Å². The Kier molecular flexibility index (Phi) is 5.51. The molecule has 0 fully saturated rings. The Labute approximate surface area is 147 Å². The van der Waals surface area contributed by atoms with Gasteiger partial charge in [-0.1, -0.05) is 6.08 Å². The van der Waals surface area contributed by atoms with Gasteiger partial charge in [0, 0.05) is 11.6 Å². The van der Waals surface area contributed by atoms with Crippen molar-refractivity contribution in [1.29, 1.82) is 0 Å². The molecule has 1 aliphatic heterocycles. The zero-order chi connectivity index (χ0) is 18.6. The second kappa shape index (κ2) is 7.42. The molecule has 1 aromatic rings. The molecule has 6 nitrogen and oxygen atoms in total. The lowest BCUT2D eigenvalue weighted by Crippen LogP contribution is -2.51. The average Bonchev–Trinajstić information content (AvgIpc) is 2.57. The Bertz CT molecular complexity index is 708. The highest BCUT2D eigenvalue weighted by atomic mass is 16.5. The fourth-order valence-electron chi connectivity index (χ4n) is 2.76. The lowest BCUT2D eigenvalue weighted by molar-refractivity contribution is -0.145. The van der Waals surface area contributed by atoms with Crippen LogP contribution < -0.4 is 14.2 Å². The smallest absolute Gasteiger partial charge is 0.253 e. The summed E-state index contributed by atoms with van der Waals surface area (Å²) in [6, 6.07) is 3.46. The van der Waals surface area contributed by atoms with Gasteiger partial charge in [0.05, 0.1) is 21.3 Å². The summed E-state index contributed by atoms with van der Waals surface area (Å²) >= 11 is 0. The third-order valence-corrected chi connectivity index (χ3v) is 4.03. The first-order valence-electron chi connectivity index (χ1n) is 7.87. The van der Waals surface area contributed by atoms with Crippen LogP contribution in [0.1, 0.15) is 25.8 Å². The standard InChI is InChI=1S/C19H23NO5/c1-19(2)10-6-7-16(21)20(19)17(22)9-8-13-11-14(23-3)18(25-5)15(12-13)24-4/h6-9,11-12H,10H2,1-5H3/b9-8+. The van der Waals surface area contributed by atoms with Gasteiger partial charge in [-0.15, -0.1) is 0 Å². The number of carbonyl (C=O) groups excluding carboxylic acids is 2. The zero-order valence-electron chi connectivity index (χ0n) is 15.2. The number of ether oxygens (including phenoxy) is 3. The number of carbonyl (C=O) groups is 2. The highest BCUT2D eigenvalue weighted by molar-refractivity contribution is 6.07. The predicted molar refractivity (Wildman–Crippen MR) is 94.8 cm³/mol. The van der Waals surface area contributed by atoms with Crippen molar-refractivity contribution in [3.8, 4) is 17.2 Å². The minimum absolute atomic E-state index is 0.309. The first-order valence-corrected chi connectivity index (χ1v) is 7.87. The Morgan fingerprint density at radius 1 is 1.12 bits per heavy atom. The zero-order valence-corrected chi connectivity index (χ0v) is 15.2. The lowest BCUT2D eigenvalue weighted by atomic mass is 9.94. The molecule has 1 aromatic carbocycles. The van der Waals surface area contributed by atoms with Gasteiger partial charge in [-0.25, -0.2) is 0 Å². The highest BCUT2D eigenvalue weighted by Gasteiger charge is 2.35. The number of imide groups is 1. The molecular weight excluding hydrogens is 322 g/mol. The van der Waals surface area contributed by atoms with E-state index in [0.29, 0.717) is 29.2 Å². The lowest BCUT2D eigenvalue weighted by Gasteiger charge is -2.37. The van der Waals surface area contributed by atoms with Crippen LogP contribution in [0.25, 0.3) is 6.08 Å². The molecule has 2 rings (SSSR count). The van der Waals surface area contributed by atoms with E-state index in [1.165, 1.54) is 38.4 Å². The summed E-state index contributed by atoms with van der Waals surface area (Å²) in [5, 5.41) is 0. The first-order chi connectivity index (χ1) is 11.8. The van der Waals surface area contributed by atoms with Crippen molar-refractivity contribution in [1.82, 2.24) is 4.90 Å². The SMILES string of the molecule is COc1cc(/C=C/C(=O)N2C(=O)C=CCC2(C)C)cc(OC)c1OC. The molecular formula is C19H23NO5. The van der Waals surface area contributed by atoms with Crippen molar-refractivity contribution in [3.05, 3.63) is 35.9 Å². The molecule has 0 N–H and O–H groups in total. The Morgan fingerprint density at radius 2 is 1.72 bits per heavy atom. The molecule has 25 heavy (non-hydrogen) atoms. The summed E-state index contributed by atoms with van der Waals surface area (Å²) in [7, 11) is 4.57. The van der Waals surface area contributed by atoms with Crippen molar-refractivity contribution in [2.24, 2.45) is 0 Å². The molecule has 0 aromatic heterocycles. The van der Waals surface area contributed by atoms with Gasteiger partial charge in [0.1, 0.15) is 0 Å². The monoisotopic (exact) mass is 345 g/mol. The second-order valence-electron chi connectivity index (χ2n) is 6.22. The van der Waals surface area contributed by atoms with Gasteiger partial charge < -0.3 is 14.2 Å². The number of rotatable bonds is 5. The number of methoxy groups -OCH3 is 3. The van der Waals surface area contributed by atoms with Crippen LogP contribution in [-0.2, 0) is 9.59 Å². The largest absolute Gasteiger partial charge is 0.493 e. The van der Waals surface area contributed by atoms with Gasteiger partial charge in [-0.05, 0) is 50.1 Å². The van der Waals surface area contributed by atoms with Crippen molar-refractivity contribution in [3.63, 3.8) is 0 Å². The molecule has 134 valence electrons. The van der Waals surface area contributed by atoms with E-state index in [-0.39, 0.29) is 11.8 Å². The van der Waals surface area contributed by atoms with Crippen LogP contribution in [0.4, 0.5) is 0 Å². The summed E-state index contributed by atoms with van der Waals surface area (Å²) in [5.41, 5.74) is 0.142. The Balaban J connectivity index is 2.31. The highest BCUT2D eigenvalue weighted by Crippen LogP contribution is 2.38. The van der Waals surface area contributed by atoms with Gasteiger partial charge in [0.2, 0.25) is 5.75 Å². The average molecular weight is 345 g/mol. The molecule has 1 aliphatic rings.